The minimum atomic E-state index is -0.594. The molecule has 1 rings (SSSR count). The summed E-state index contributed by atoms with van der Waals surface area (Å²) >= 11 is 5.30. The van der Waals surface area contributed by atoms with Gasteiger partial charge in [0.2, 0.25) is 0 Å². The molecule has 0 saturated heterocycles. The lowest BCUT2D eigenvalue weighted by molar-refractivity contribution is 0.573. The van der Waals surface area contributed by atoms with Gasteiger partial charge < -0.3 is 0 Å². The lowest BCUT2D eigenvalue weighted by atomic mass is 10.1. The van der Waals surface area contributed by atoms with Gasteiger partial charge >= 0.3 is 0 Å². The monoisotopic (exact) mass is 191 g/mol. The first-order valence-electron chi connectivity index (χ1n) is 3.45. The summed E-state index contributed by atoms with van der Waals surface area (Å²) < 4.78 is 25.2. The molecule has 1 atom stereocenters. The van der Waals surface area contributed by atoms with Crippen LogP contribution in [0.5, 0.6) is 0 Å². The van der Waals surface area contributed by atoms with Crippen LogP contribution in [0.25, 0.3) is 0 Å². The predicted octanol–water partition coefficient (Wildman–Crippen LogP) is 2.77. The number of benzene rings is 1. The average Bonchev–Trinajstić information content (AvgIpc) is 2.01. The molecule has 0 radical (unpaired) electrons. The van der Waals surface area contributed by atoms with E-state index in [1.165, 1.54) is 12.1 Å². The molecule has 1 aromatic carbocycles. The number of hydrogen-bond acceptors (Lipinski definition) is 1. The maximum absolute atomic E-state index is 12.6. The van der Waals surface area contributed by atoms with E-state index >= 15 is 0 Å². The van der Waals surface area contributed by atoms with E-state index in [1.807, 2.05) is 0 Å². The van der Waals surface area contributed by atoms with Crippen molar-refractivity contribution in [3.63, 3.8) is 0 Å². The van der Waals surface area contributed by atoms with Gasteiger partial charge in [0, 0.05) is 12.1 Å². The van der Waals surface area contributed by atoms with Crippen molar-refractivity contribution < 1.29 is 8.78 Å². The molecule has 0 aromatic heterocycles. The lowest BCUT2D eigenvalue weighted by Crippen LogP contribution is -2.07. The molecule has 1 aromatic rings. The zero-order valence-electron chi connectivity index (χ0n) is 6.44. The van der Waals surface area contributed by atoms with Crippen molar-refractivity contribution in [2.45, 2.75) is 13.0 Å². The molecular formula is C8H8ClF2N. The maximum atomic E-state index is 12.6. The minimum absolute atomic E-state index is 0.267. The zero-order valence-corrected chi connectivity index (χ0v) is 7.20. The molecule has 12 heavy (non-hydrogen) atoms. The van der Waals surface area contributed by atoms with E-state index < -0.39 is 11.6 Å². The van der Waals surface area contributed by atoms with E-state index in [2.05, 4.69) is 4.84 Å². The van der Waals surface area contributed by atoms with Gasteiger partial charge in [0.25, 0.3) is 0 Å². The third kappa shape index (κ3) is 2.16. The van der Waals surface area contributed by atoms with Crippen LogP contribution in [0, 0.1) is 11.6 Å². The van der Waals surface area contributed by atoms with Crippen LogP contribution in [0.1, 0.15) is 18.5 Å². The first-order valence-corrected chi connectivity index (χ1v) is 3.83. The Hall–Kier alpha value is -0.670. The van der Waals surface area contributed by atoms with E-state index in [4.69, 9.17) is 11.8 Å². The number of nitrogens with one attached hydrogen (secondary N) is 1. The van der Waals surface area contributed by atoms with Crippen LogP contribution in [0.4, 0.5) is 8.78 Å². The van der Waals surface area contributed by atoms with Gasteiger partial charge in [-0.15, -0.1) is 0 Å². The predicted molar refractivity (Wildman–Crippen MR) is 43.8 cm³/mol. The summed E-state index contributed by atoms with van der Waals surface area (Å²) in [5.41, 5.74) is 0.488. The molecule has 0 bridgehead atoms. The zero-order chi connectivity index (χ0) is 9.14. The smallest absolute Gasteiger partial charge is 0.126 e. The molecule has 0 aliphatic heterocycles. The highest BCUT2D eigenvalue weighted by atomic mass is 35.5. The van der Waals surface area contributed by atoms with Gasteiger partial charge in [0.1, 0.15) is 11.6 Å². The largest absolute Gasteiger partial charge is 0.226 e. The summed E-state index contributed by atoms with van der Waals surface area (Å²) in [4.78, 5) is 2.37. The molecular weight excluding hydrogens is 184 g/mol. The Morgan fingerprint density at radius 2 is 1.75 bits per heavy atom. The second-order valence-electron chi connectivity index (χ2n) is 2.53. The third-order valence-electron chi connectivity index (χ3n) is 1.55. The van der Waals surface area contributed by atoms with Crippen LogP contribution >= 0.6 is 11.8 Å². The van der Waals surface area contributed by atoms with E-state index in [0.29, 0.717) is 5.56 Å². The van der Waals surface area contributed by atoms with Crippen LogP contribution in [-0.2, 0) is 0 Å². The summed E-state index contributed by atoms with van der Waals surface area (Å²) in [5.74, 6) is -1.19. The molecule has 0 fully saturated rings. The first-order chi connectivity index (χ1) is 5.63. The highest BCUT2D eigenvalue weighted by Crippen LogP contribution is 2.15. The fraction of sp³-hybridized carbons (Fsp3) is 0.250. The van der Waals surface area contributed by atoms with Crippen LogP contribution in [0.2, 0.25) is 0 Å². The summed E-state index contributed by atoms with van der Waals surface area (Å²) in [6.45, 7) is 1.71. The quantitative estimate of drug-likeness (QED) is 0.709. The summed E-state index contributed by atoms with van der Waals surface area (Å²) in [6, 6.07) is 3.04. The molecule has 1 nitrogen and oxygen atoms in total. The Morgan fingerprint density at radius 1 is 1.25 bits per heavy atom. The van der Waals surface area contributed by atoms with Gasteiger partial charge in [-0.25, -0.2) is 13.6 Å². The van der Waals surface area contributed by atoms with E-state index in [-0.39, 0.29) is 6.04 Å². The second-order valence-corrected chi connectivity index (χ2v) is 2.75. The van der Waals surface area contributed by atoms with Gasteiger partial charge in [0.15, 0.2) is 0 Å². The van der Waals surface area contributed by atoms with Crippen LogP contribution < -0.4 is 4.84 Å². The minimum Gasteiger partial charge on any atom is -0.226 e. The molecule has 0 spiro atoms. The normalized spacial score (nSPS) is 13.0. The van der Waals surface area contributed by atoms with Gasteiger partial charge in [-0.2, -0.15) is 0 Å². The van der Waals surface area contributed by atoms with E-state index in [0.717, 1.165) is 6.07 Å². The van der Waals surface area contributed by atoms with Gasteiger partial charge in [0.05, 0.1) is 0 Å². The SMILES string of the molecule is C[C@H](NCl)c1cc(F)cc(F)c1. The third-order valence-corrected chi connectivity index (χ3v) is 1.88. The molecule has 0 aliphatic rings. The van der Waals surface area contributed by atoms with Crippen molar-refractivity contribution in [1.82, 2.24) is 4.84 Å². The Labute approximate surface area is 74.5 Å². The molecule has 0 amide bonds. The number of hydrogen-bond donors (Lipinski definition) is 1. The number of halogens is 3. The van der Waals surface area contributed by atoms with Gasteiger partial charge in [-0.05, 0) is 36.4 Å². The summed E-state index contributed by atoms with van der Waals surface area (Å²) in [5, 5.41) is 0. The average molecular weight is 192 g/mol. The Morgan fingerprint density at radius 3 is 2.17 bits per heavy atom. The van der Waals surface area contributed by atoms with E-state index in [9.17, 15) is 8.78 Å². The first kappa shape index (κ1) is 9.42. The van der Waals surface area contributed by atoms with Crippen LogP contribution in [0.3, 0.4) is 0 Å². The Kier molecular flexibility index (Phi) is 3.00. The highest BCUT2D eigenvalue weighted by molar-refractivity contribution is 6.13. The number of rotatable bonds is 2. The second kappa shape index (κ2) is 3.83. The summed E-state index contributed by atoms with van der Waals surface area (Å²) in [6.07, 6.45) is 0. The molecule has 0 heterocycles. The van der Waals surface area contributed by atoms with Gasteiger partial charge in [-0.3, -0.25) is 0 Å². The van der Waals surface area contributed by atoms with Crippen molar-refractivity contribution in [3.05, 3.63) is 35.4 Å². The fourth-order valence-corrected chi connectivity index (χ4v) is 1.01. The molecule has 0 aliphatic carbocycles. The lowest BCUT2D eigenvalue weighted by Gasteiger charge is -2.08. The van der Waals surface area contributed by atoms with Crippen molar-refractivity contribution in [2.75, 3.05) is 0 Å². The molecule has 0 saturated carbocycles. The van der Waals surface area contributed by atoms with Gasteiger partial charge in [-0.1, -0.05) is 0 Å². The van der Waals surface area contributed by atoms with Crippen molar-refractivity contribution in [2.24, 2.45) is 0 Å². The fourth-order valence-electron chi connectivity index (χ4n) is 0.888. The molecule has 66 valence electrons. The van der Waals surface area contributed by atoms with E-state index in [1.54, 1.807) is 6.92 Å². The molecule has 4 heteroatoms. The van der Waals surface area contributed by atoms with Crippen molar-refractivity contribution in [1.29, 1.82) is 0 Å². The Bertz CT molecular complexity index is 258. The topological polar surface area (TPSA) is 12.0 Å². The molecule has 0 unspecified atom stereocenters. The molecule has 1 N–H and O–H groups in total. The standard InChI is InChI=1S/C8H8ClF2N/c1-5(12-9)6-2-7(10)4-8(11)3-6/h2-5,12H,1H3/t5-/m0/s1. The van der Waals surface area contributed by atoms with Crippen molar-refractivity contribution in [3.8, 4) is 0 Å². The Balaban J connectivity index is 3.00. The summed E-state index contributed by atoms with van der Waals surface area (Å²) in [7, 11) is 0. The highest BCUT2D eigenvalue weighted by Gasteiger charge is 2.06. The van der Waals surface area contributed by atoms with Crippen LogP contribution in [-0.4, -0.2) is 0 Å². The van der Waals surface area contributed by atoms with Crippen molar-refractivity contribution >= 4 is 11.8 Å². The maximum Gasteiger partial charge on any atom is 0.126 e. The van der Waals surface area contributed by atoms with Crippen LogP contribution in [0.15, 0.2) is 18.2 Å².